The maximum atomic E-state index is 13.5. The molecule has 9 heteroatoms. The molecule has 4 rings (SSSR count). The third-order valence-corrected chi connectivity index (χ3v) is 6.15. The lowest BCUT2D eigenvalue weighted by molar-refractivity contribution is -0.140. The molecular weight excluding hydrogens is 443 g/mol. The Hall–Kier alpha value is -3.43. The Bertz CT molecular complexity index is 1100. The number of halogens is 1. The number of likely N-dealkylation sites (tertiary alicyclic amines) is 1. The number of para-hydroxylation sites is 1. The van der Waals surface area contributed by atoms with Crippen LogP contribution in [0.25, 0.3) is 5.76 Å². The minimum Gasteiger partial charge on any atom is -0.507 e. The zero-order valence-corrected chi connectivity index (χ0v) is 19.1. The average molecular weight is 470 g/mol. The zero-order chi connectivity index (χ0) is 24.2. The van der Waals surface area contributed by atoms with E-state index in [0.29, 0.717) is 36.8 Å². The van der Waals surface area contributed by atoms with Crippen molar-refractivity contribution in [2.45, 2.75) is 6.04 Å². The molecule has 0 aliphatic carbocycles. The predicted molar refractivity (Wildman–Crippen MR) is 122 cm³/mol. The molecule has 180 valence electrons. The maximum absolute atomic E-state index is 13.5. The third-order valence-electron chi connectivity index (χ3n) is 6.15. The molecule has 1 unspecified atom stereocenters. The molecule has 2 aliphatic rings. The standard InChI is InChI=1S/C25H27FN2O6/c1-32-19-5-3-4-18(24(19)33-2)21-20(22(29)16-6-8-17(26)9-7-16)23(30)25(31)28(21)11-10-27-12-14-34-15-13-27/h3-9,21,29H,10-15H2,1-2H3. The summed E-state index contributed by atoms with van der Waals surface area (Å²) in [6.07, 6.45) is 0. The van der Waals surface area contributed by atoms with Gasteiger partial charge in [-0.3, -0.25) is 14.5 Å². The highest BCUT2D eigenvalue weighted by Crippen LogP contribution is 2.45. The van der Waals surface area contributed by atoms with Crippen LogP contribution in [0.5, 0.6) is 11.5 Å². The Balaban J connectivity index is 1.81. The van der Waals surface area contributed by atoms with E-state index in [1.807, 2.05) is 0 Å². The molecule has 1 amide bonds. The summed E-state index contributed by atoms with van der Waals surface area (Å²) in [5.74, 6) is -1.58. The van der Waals surface area contributed by atoms with Gasteiger partial charge in [0, 0.05) is 37.3 Å². The molecule has 2 aliphatic heterocycles. The zero-order valence-electron chi connectivity index (χ0n) is 19.1. The van der Waals surface area contributed by atoms with E-state index in [1.54, 1.807) is 18.2 Å². The van der Waals surface area contributed by atoms with Crippen LogP contribution < -0.4 is 9.47 Å². The minimum atomic E-state index is -0.906. The lowest BCUT2D eigenvalue weighted by Crippen LogP contribution is -2.42. The van der Waals surface area contributed by atoms with Crippen molar-refractivity contribution >= 4 is 17.4 Å². The SMILES string of the molecule is COc1cccc(C2C(=C(O)c3ccc(F)cc3)C(=O)C(=O)N2CCN2CCOCC2)c1OC. The number of carbonyl (C=O) groups is 2. The number of aliphatic hydroxyl groups is 1. The van der Waals surface area contributed by atoms with Crippen LogP contribution in [-0.2, 0) is 14.3 Å². The minimum absolute atomic E-state index is 0.0786. The number of amides is 1. The van der Waals surface area contributed by atoms with Crippen LogP contribution in [0.3, 0.4) is 0 Å². The lowest BCUT2D eigenvalue weighted by atomic mass is 9.94. The van der Waals surface area contributed by atoms with Crippen molar-refractivity contribution in [1.82, 2.24) is 9.80 Å². The summed E-state index contributed by atoms with van der Waals surface area (Å²) in [4.78, 5) is 30.0. The molecule has 1 atom stereocenters. The van der Waals surface area contributed by atoms with Crippen molar-refractivity contribution in [2.75, 3.05) is 53.6 Å². The van der Waals surface area contributed by atoms with Gasteiger partial charge < -0.3 is 24.2 Å². The topological polar surface area (TPSA) is 88.5 Å². The van der Waals surface area contributed by atoms with E-state index in [1.165, 1.54) is 43.4 Å². The fraction of sp³-hybridized carbons (Fsp3) is 0.360. The van der Waals surface area contributed by atoms with Crippen LogP contribution in [0, 0.1) is 5.82 Å². The Kier molecular flexibility index (Phi) is 7.14. The molecular formula is C25H27FN2O6. The number of methoxy groups -OCH3 is 2. The van der Waals surface area contributed by atoms with Crippen molar-refractivity contribution in [2.24, 2.45) is 0 Å². The first-order valence-corrected chi connectivity index (χ1v) is 11.0. The highest BCUT2D eigenvalue weighted by Gasteiger charge is 2.47. The fourth-order valence-corrected chi connectivity index (χ4v) is 4.40. The molecule has 2 aromatic rings. The number of benzene rings is 2. The molecule has 0 saturated carbocycles. The Labute approximate surface area is 197 Å². The van der Waals surface area contributed by atoms with E-state index in [-0.39, 0.29) is 23.4 Å². The molecule has 2 aromatic carbocycles. The summed E-state index contributed by atoms with van der Waals surface area (Å²) in [5, 5.41) is 11.1. The molecule has 34 heavy (non-hydrogen) atoms. The maximum Gasteiger partial charge on any atom is 0.295 e. The van der Waals surface area contributed by atoms with Gasteiger partial charge in [-0.25, -0.2) is 4.39 Å². The van der Waals surface area contributed by atoms with E-state index in [0.717, 1.165) is 13.1 Å². The normalized spacial score (nSPS) is 20.6. The fourth-order valence-electron chi connectivity index (χ4n) is 4.40. The second-order valence-electron chi connectivity index (χ2n) is 8.04. The van der Waals surface area contributed by atoms with Crippen LogP contribution in [0.1, 0.15) is 17.2 Å². The Morgan fingerprint density at radius 1 is 1.06 bits per heavy atom. The van der Waals surface area contributed by atoms with Gasteiger partial charge in [-0.05, 0) is 30.3 Å². The first-order valence-electron chi connectivity index (χ1n) is 11.0. The predicted octanol–water partition coefficient (Wildman–Crippen LogP) is 2.60. The van der Waals surface area contributed by atoms with Crippen LogP contribution in [-0.4, -0.2) is 80.2 Å². The number of carbonyl (C=O) groups excluding carboxylic acids is 2. The van der Waals surface area contributed by atoms with Crippen LogP contribution in [0.4, 0.5) is 4.39 Å². The first-order chi connectivity index (χ1) is 16.5. The summed E-state index contributed by atoms with van der Waals surface area (Å²) >= 11 is 0. The summed E-state index contributed by atoms with van der Waals surface area (Å²) in [5.41, 5.74) is 0.663. The van der Waals surface area contributed by atoms with Gasteiger partial charge >= 0.3 is 0 Å². The van der Waals surface area contributed by atoms with Crippen molar-refractivity contribution in [3.05, 3.63) is 65.0 Å². The van der Waals surface area contributed by atoms with E-state index < -0.39 is 23.5 Å². The van der Waals surface area contributed by atoms with Gasteiger partial charge in [0.1, 0.15) is 11.6 Å². The number of morpholine rings is 1. The molecule has 0 spiro atoms. The van der Waals surface area contributed by atoms with Crippen molar-refractivity contribution in [1.29, 1.82) is 0 Å². The molecule has 2 fully saturated rings. The highest BCUT2D eigenvalue weighted by molar-refractivity contribution is 6.46. The van der Waals surface area contributed by atoms with Gasteiger partial charge in [-0.2, -0.15) is 0 Å². The van der Waals surface area contributed by atoms with E-state index in [9.17, 15) is 19.1 Å². The van der Waals surface area contributed by atoms with Gasteiger partial charge in [0.15, 0.2) is 11.5 Å². The van der Waals surface area contributed by atoms with Gasteiger partial charge in [-0.15, -0.1) is 0 Å². The summed E-state index contributed by atoms with van der Waals surface area (Å²) in [6.45, 7) is 3.47. The summed E-state index contributed by atoms with van der Waals surface area (Å²) in [6, 6.07) is 9.37. The van der Waals surface area contributed by atoms with Gasteiger partial charge in [-0.1, -0.05) is 12.1 Å². The van der Waals surface area contributed by atoms with Crippen LogP contribution in [0.15, 0.2) is 48.0 Å². The number of hydrogen-bond acceptors (Lipinski definition) is 7. The second-order valence-corrected chi connectivity index (χ2v) is 8.04. The summed E-state index contributed by atoms with van der Waals surface area (Å²) < 4.78 is 29.9. The monoisotopic (exact) mass is 470 g/mol. The quantitative estimate of drug-likeness (QED) is 0.378. The first kappa shape index (κ1) is 23.7. The molecule has 2 heterocycles. The van der Waals surface area contributed by atoms with Crippen molar-refractivity contribution in [3.8, 4) is 11.5 Å². The van der Waals surface area contributed by atoms with Crippen LogP contribution in [0.2, 0.25) is 0 Å². The average Bonchev–Trinajstić information content (AvgIpc) is 3.12. The third kappa shape index (κ3) is 4.49. The van der Waals surface area contributed by atoms with Crippen LogP contribution >= 0.6 is 0 Å². The number of aliphatic hydroxyl groups excluding tert-OH is 1. The Morgan fingerprint density at radius 3 is 2.41 bits per heavy atom. The van der Waals surface area contributed by atoms with E-state index in [2.05, 4.69) is 4.90 Å². The van der Waals surface area contributed by atoms with Gasteiger partial charge in [0.25, 0.3) is 11.7 Å². The number of Topliss-reactive ketones (excluding diaryl/α,β-unsaturated/α-hetero) is 1. The van der Waals surface area contributed by atoms with Gasteiger partial charge in [0.05, 0.1) is 39.0 Å². The number of nitrogens with zero attached hydrogens (tertiary/aromatic N) is 2. The smallest absolute Gasteiger partial charge is 0.295 e. The van der Waals surface area contributed by atoms with Gasteiger partial charge in [0.2, 0.25) is 0 Å². The molecule has 0 radical (unpaired) electrons. The Morgan fingerprint density at radius 2 is 1.76 bits per heavy atom. The molecule has 8 nitrogen and oxygen atoms in total. The molecule has 2 saturated heterocycles. The van der Waals surface area contributed by atoms with E-state index >= 15 is 0 Å². The summed E-state index contributed by atoms with van der Waals surface area (Å²) in [7, 11) is 2.97. The van der Waals surface area contributed by atoms with Crippen molar-refractivity contribution < 1.29 is 33.3 Å². The second kappa shape index (κ2) is 10.2. The molecule has 1 N–H and O–H groups in total. The molecule has 0 bridgehead atoms. The number of hydrogen-bond donors (Lipinski definition) is 1. The number of ether oxygens (including phenoxy) is 3. The van der Waals surface area contributed by atoms with E-state index in [4.69, 9.17) is 14.2 Å². The largest absolute Gasteiger partial charge is 0.507 e. The number of ketones is 1. The lowest BCUT2D eigenvalue weighted by Gasteiger charge is -2.31. The molecule has 0 aromatic heterocycles. The highest BCUT2D eigenvalue weighted by atomic mass is 19.1. The number of rotatable bonds is 7. The van der Waals surface area contributed by atoms with Crippen molar-refractivity contribution in [3.63, 3.8) is 0 Å².